The van der Waals surface area contributed by atoms with Gasteiger partial charge in [-0.2, -0.15) is 18.7 Å². The predicted molar refractivity (Wildman–Crippen MR) is 106 cm³/mol. The first-order valence-corrected chi connectivity index (χ1v) is 12.3. The quantitative estimate of drug-likeness (QED) is 0.213. The Labute approximate surface area is 181 Å². The SMILES string of the molecule is COOCC1CC(O)CCN1OS(C)=O.CS(=O)ON1CCC(O)CC1CONO. The van der Waals surface area contributed by atoms with Gasteiger partial charge >= 0.3 is 0 Å². The third-order valence-electron chi connectivity index (χ3n) is 4.39. The van der Waals surface area contributed by atoms with Gasteiger partial charge in [0.2, 0.25) is 0 Å². The lowest BCUT2D eigenvalue weighted by Gasteiger charge is -2.34. The third-order valence-corrected chi connectivity index (χ3v) is 5.19. The van der Waals surface area contributed by atoms with Gasteiger partial charge in [-0.05, 0) is 25.7 Å². The van der Waals surface area contributed by atoms with E-state index in [1.807, 2.05) is 0 Å². The summed E-state index contributed by atoms with van der Waals surface area (Å²) in [7, 11) is 1.42. The zero-order valence-electron chi connectivity index (χ0n) is 17.4. The molecule has 2 fully saturated rings. The van der Waals surface area contributed by atoms with E-state index in [0.29, 0.717) is 38.8 Å². The van der Waals surface area contributed by atoms with E-state index >= 15 is 0 Å². The number of nitrogens with zero attached hydrogens (tertiary/aromatic N) is 2. The maximum atomic E-state index is 10.9. The Balaban J connectivity index is 0.000000300. The zero-order chi connectivity index (χ0) is 22.5. The van der Waals surface area contributed by atoms with Crippen molar-refractivity contribution in [3.8, 4) is 0 Å². The van der Waals surface area contributed by atoms with Crippen LogP contribution < -0.4 is 5.64 Å². The summed E-state index contributed by atoms with van der Waals surface area (Å²) in [5.41, 5.74) is 1.56. The van der Waals surface area contributed by atoms with Gasteiger partial charge in [0.15, 0.2) is 22.2 Å². The van der Waals surface area contributed by atoms with Crippen LogP contribution in [-0.2, 0) is 45.3 Å². The normalized spacial score (nSPS) is 30.3. The second kappa shape index (κ2) is 15.6. The lowest BCUT2D eigenvalue weighted by Crippen LogP contribution is -2.47. The molecule has 6 unspecified atom stereocenters. The highest BCUT2D eigenvalue weighted by Crippen LogP contribution is 2.19. The fourth-order valence-electron chi connectivity index (χ4n) is 3.06. The molecule has 0 aromatic heterocycles. The van der Waals surface area contributed by atoms with Crippen molar-refractivity contribution in [1.29, 1.82) is 0 Å². The number of hydrogen-bond acceptors (Lipinski definition) is 13. The molecule has 2 saturated heterocycles. The Hall–Kier alpha value is -0.140. The smallest absolute Gasteiger partial charge is 0.170 e. The van der Waals surface area contributed by atoms with Gasteiger partial charge in [0.05, 0.1) is 38.0 Å². The number of aliphatic hydroxyl groups excluding tert-OH is 2. The van der Waals surface area contributed by atoms with Gasteiger partial charge in [-0.25, -0.2) is 18.2 Å². The van der Waals surface area contributed by atoms with E-state index in [4.69, 9.17) is 18.7 Å². The number of rotatable bonds is 10. The summed E-state index contributed by atoms with van der Waals surface area (Å²) in [6.45, 7) is 1.45. The minimum Gasteiger partial charge on any atom is -0.393 e. The molecule has 2 aliphatic heterocycles. The molecular formula is C15H33N3O10S2. The van der Waals surface area contributed by atoms with Crippen molar-refractivity contribution in [3.05, 3.63) is 0 Å². The highest BCUT2D eigenvalue weighted by Gasteiger charge is 2.30. The summed E-state index contributed by atoms with van der Waals surface area (Å²) in [6.07, 6.45) is 4.27. The molecule has 13 nitrogen and oxygen atoms in total. The fourth-order valence-corrected chi connectivity index (χ4v) is 4.00. The lowest BCUT2D eigenvalue weighted by molar-refractivity contribution is -0.293. The van der Waals surface area contributed by atoms with Crippen LogP contribution in [0.1, 0.15) is 25.7 Å². The Kier molecular flexibility index (Phi) is 14.5. The van der Waals surface area contributed by atoms with Crippen molar-refractivity contribution in [2.75, 3.05) is 45.9 Å². The van der Waals surface area contributed by atoms with Crippen LogP contribution in [0.5, 0.6) is 0 Å². The second-order valence-electron chi connectivity index (χ2n) is 6.75. The number of aliphatic hydroxyl groups is 2. The fraction of sp³-hybridized carbons (Fsp3) is 1.00. The summed E-state index contributed by atoms with van der Waals surface area (Å²) in [5, 5.41) is 30.3. The van der Waals surface area contributed by atoms with Crippen LogP contribution in [-0.4, -0.2) is 104 Å². The van der Waals surface area contributed by atoms with Crippen molar-refractivity contribution in [2.24, 2.45) is 0 Å². The maximum absolute atomic E-state index is 10.9. The van der Waals surface area contributed by atoms with Crippen LogP contribution in [0.2, 0.25) is 0 Å². The van der Waals surface area contributed by atoms with E-state index in [2.05, 4.69) is 9.73 Å². The summed E-state index contributed by atoms with van der Waals surface area (Å²) in [6, 6.07) is -0.352. The van der Waals surface area contributed by atoms with Crippen LogP contribution in [0, 0.1) is 0 Å². The van der Waals surface area contributed by atoms with E-state index in [1.165, 1.54) is 24.7 Å². The molecular weight excluding hydrogens is 446 g/mol. The monoisotopic (exact) mass is 479 g/mol. The molecule has 0 bridgehead atoms. The highest BCUT2D eigenvalue weighted by molar-refractivity contribution is 7.79. The Morgan fingerprint density at radius 1 is 0.933 bits per heavy atom. The van der Waals surface area contributed by atoms with Gasteiger partial charge in [0.25, 0.3) is 0 Å². The average Bonchev–Trinajstić information content (AvgIpc) is 2.68. The van der Waals surface area contributed by atoms with E-state index in [1.54, 1.807) is 10.7 Å². The summed E-state index contributed by atoms with van der Waals surface area (Å²) in [4.78, 5) is 13.9. The van der Waals surface area contributed by atoms with Gasteiger partial charge in [-0.3, -0.25) is 10.0 Å². The molecule has 0 aliphatic carbocycles. The molecule has 180 valence electrons. The molecule has 0 amide bonds. The first kappa shape index (κ1) is 27.9. The molecule has 4 N–H and O–H groups in total. The number of hydroxylamine groups is 4. The standard InChI is InChI=1S/C8H17NO5S.C7H16N2O5S/c1-12-13-6-7-5-8(10)3-4-9(7)14-15(2)11;1-15(12)14-9-3-2-7(10)4-6(9)5-13-8-11/h7-8,10H,3-6H2,1-2H3;6-8,10-11H,2-5H2,1H3. The summed E-state index contributed by atoms with van der Waals surface area (Å²) >= 11 is -2.75. The third kappa shape index (κ3) is 11.5. The molecule has 15 heteroatoms. The van der Waals surface area contributed by atoms with Gasteiger partial charge in [0.1, 0.15) is 6.61 Å². The molecule has 0 aromatic carbocycles. The topological polar surface area (TPSA) is 159 Å². The van der Waals surface area contributed by atoms with Gasteiger partial charge in [0, 0.05) is 25.6 Å². The van der Waals surface area contributed by atoms with Gasteiger partial charge in [-0.15, -0.1) is 0 Å². The number of piperidine rings is 2. The zero-order valence-corrected chi connectivity index (χ0v) is 19.0. The number of nitrogens with one attached hydrogen (secondary N) is 1. The van der Waals surface area contributed by atoms with Crippen molar-refractivity contribution < 1.29 is 47.0 Å². The Morgan fingerprint density at radius 2 is 1.40 bits per heavy atom. The number of hydrogen-bond donors (Lipinski definition) is 4. The van der Waals surface area contributed by atoms with Crippen LogP contribution in [0.15, 0.2) is 0 Å². The van der Waals surface area contributed by atoms with Crippen molar-refractivity contribution in [1.82, 2.24) is 15.8 Å². The lowest BCUT2D eigenvalue weighted by atomic mass is 10.0. The van der Waals surface area contributed by atoms with E-state index in [9.17, 15) is 18.6 Å². The minimum absolute atomic E-state index is 0.127. The van der Waals surface area contributed by atoms with Gasteiger partial charge < -0.3 is 10.2 Å². The first-order valence-electron chi connectivity index (χ1n) is 9.36. The Bertz CT molecular complexity index is 477. The second-order valence-corrected chi connectivity index (χ2v) is 8.65. The molecule has 2 aliphatic rings. The van der Waals surface area contributed by atoms with E-state index in [0.717, 1.165) is 0 Å². The minimum atomic E-state index is -1.39. The molecule has 6 atom stereocenters. The summed E-state index contributed by atoms with van der Waals surface area (Å²) < 4.78 is 32.0. The molecule has 0 spiro atoms. The van der Waals surface area contributed by atoms with Crippen molar-refractivity contribution in [3.63, 3.8) is 0 Å². The first-order chi connectivity index (χ1) is 14.3. The molecule has 0 radical (unpaired) electrons. The van der Waals surface area contributed by atoms with Crippen LogP contribution >= 0.6 is 0 Å². The van der Waals surface area contributed by atoms with Crippen LogP contribution in [0.4, 0.5) is 0 Å². The van der Waals surface area contributed by atoms with E-state index in [-0.39, 0.29) is 31.4 Å². The van der Waals surface area contributed by atoms with E-state index < -0.39 is 28.3 Å². The molecule has 30 heavy (non-hydrogen) atoms. The van der Waals surface area contributed by atoms with Crippen LogP contribution in [0.3, 0.4) is 0 Å². The Morgan fingerprint density at radius 3 is 1.80 bits per heavy atom. The summed E-state index contributed by atoms with van der Waals surface area (Å²) in [5.74, 6) is 0. The largest absolute Gasteiger partial charge is 0.393 e. The average molecular weight is 480 g/mol. The molecule has 2 heterocycles. The van der Waals surface area contributed by atoms with Crippen molar-refractivity contribution in [2.45, 2.75) is 50.0 Å². The van der Waals surface area contributed by atoms with Gasteiger partial charge in [-0.1, -0.05) is 5.64 Å². The highest BCUT2D eigenvalue weighted by atomic mass is 32.2. The maximum Gasteiger partial charge on any atom is 0.170 e. The molecule has 2 rings (SSSR count). The predicted octanol–water partition coefficient (Wildman–Crippen LogP) is -1.44. The molecule has 0 aromatic rings. The molecule has 0 saturated carbocycles. The van der Waals surface area contributed by atoms with Crippen molar-refractivity contribution >= 4 is 22.2 Å². The van der Waals surface area contributed by atoms with Crippen LogP contribution in [0.25, 0.3) is 0 Å².